The van der Waals surface area contributed by atoms with Gasteiger partial charge in [0.15, 0.2) is 0 Å². The Labute approximate surface area is 183 Å². The highest BCUT2D eigenvalue weighted by Gasteiger charge is 2.63. The minimum Gasteiger partial charge on any atom is -0.444 e. The van der Waals surface area contributed by atoms with Crippen molar-refractivity contribution >= 4 is 12.0 Å². The zero-order chi connectivity index (χ0) is 22.2. The Kier molecular flexibility index (Phi) is 4.53. The van der Waals surface area contributed by atoms with Gasteiger partial charge in [0, 0.05) is 11.5 Å². The Bertz CT molecular complexity index is 866. The Hall–Kier alpha value is -2.03. The highest BCUT2D eigenvalue weighted by Crippen LogP contribution is 2.64. The molecule has 0 aromatic carbocycles. The fourth-order valence-corrected chi connectivity index (χ4v) is 7.74. The number of nitriles is 1. The van der Waals surface area contributed by atoms with Crippen LogP contribution in [-0.4, -0.2) is 51.4 Å². The van der Waals surface area contributed by atoms with Crippen LogP contribution in [0.5, 0.6) is 0 Å². The number of nitrogens with zero attached hydrogens (tertiary/aromatic N) is 2. The summed E-state index contributed by atoms with van der Waals surface area (Å²) >= 11 is 0. The first-order valence-corrected chi connectivity index (χ1v) is 11.7. The Morgan fingerprint density at radius 1 is 1.19 bits per heavy atom. The summed E-state index contributed by atoms with van der Waals surface area (Å²) in [5.74, 6) is 3.41. The average molecular weight is 428 g/mol. The molecule has 168 valence electrons. The lowest BCUT2D eigenvalue weighted by atomic mass is 9.46. The van der Waals surface area contributed by atoms with Gasteiger partial charge in [0.25, 0.3) is 0 Å². The molecule has 6 rings (SSSR count). The van der Waals surface area contributed by atoms with E-state index in [-0.39, 0.29) is 12.1 Å². The molecule has 0 spiro atoms. The van der Waals surface area contributed by atoms with Crippen LogP contribution in [-0.2, 0) is 9.53 Å². The van der Waals surface area contributed by atoms with Gasteiger partial charge in [-0.15, -0.1) is 0 Å². The smallest absolute Gasteiger partial charge is 0.408 e. The Morgan fingerprint density at radius 2 is 1.87 bits per heavy atom. The molecule has 0 aromatic rings. The summed E-state index contributed by atoms with van der Waals surface area (Å²) in [6.07, 6.45) is 6.20. The van der Waals surface area contributed by atoms with E-state index in [0.29, 0.717) is 29.9 Å². The summed E-state index contributed by atoms with van der Waals surface area (Å²) in [6, 6.07) is 1.57. The highest BCUT2D eigenvalue weighted by molar-refractivity contribution is 5.70. The molecular formula is C24H33N3O4. The fourth-order valence-electron chi connectivity index (χ4n) is 7.74. The van der Waals surface area contributed by atoms with Gasteiger partial charge in [0.05, 0.1) is 17.7 Å². The van der Waals surface area contributed by atoms with Gasteiger partial charge in [-0.05, 0) is 89.9 Å². The third-order valence-electron chi connectivity index (χ3n) is 8.26. The molecule has 1 aliphatic heterocycles. The van der Waals surface area contributed by atoms with Crippen LogP contribution in [0.15, 0.2) is 5.70 Å². The number of aliphatic hydroxyl groups is 1. The number of alkyl carbamates (subject to hydrolysis) is 1. The van der Waals surface area contributed by atoms with Gasteiger partial charge < -0.3 is 20.1 Å². The largest absolute Gasteiger partial charge is 0.444 e. The molecule has 2 unspecified atom stereocenters. The number of carbonyl (C=O) groups is 1. The van der Waals surface area contributed by atoms with Crippen LogP contribution < -0.4 is 5.32 Å². The maximum Gasteiger partial charge on any atom is 0.408 e. The van der Waals surface area contributed by atoms with Gasteiger partial charge in [0.1, 0.15) is 23.3 Å². The summed E-state index contributed by atoms with van der Waals surface area (Å²) < 4.78 is 5.57. The normalized spacial score (nSPS) is 42.9. The van der Waals surface area contributed by atoms with Crippen LogP contribution in [0, 0.1) is 34.5 Å². The topological polar surface area (TPSA) is 103 Å². The maximum atomic E-state index is 12.9. The van der Waals surface area contributed by atoms with E-state index in [1.165, 1.54) is 0 Å². The van der Waals surface area contributed by atoms with Crippen LogP contribution in [0.1, 0.15) is 72.1 Å². The van der Waals surface area contributed by atoms with Crippen molar-refractivity contribution in [2.75, 3.05) is 0 Å². The molecule has 0 radical (unpaired) electrons. The molecular weight excluding hydrogens is 394 g/mol. The zero-order valence-electron chi connectivity index (χ0n) is 18.7. The van der Waals surface area contributed by atoms with Gasteiger partial charge >= 0.3 is 6.09 Å². The second kappa shape index (κ2) is 6.73. The Balaban J connectivity index is 1.52. The van der Waals surface area contributed by atoms with Crippen molar-refractivity contribution < 1.29 is 19.4 Å². The van der Waals surface area contributed by atoms with Crippen molar-refractivity contribution in [2.24, 2.45) is 23.2 Å². The minimum absolute atomic E-state index is 0.182. The van der Waals surface area contributed by atoms with E-state index in [2.05, 4.69) is 17.3 Å². The van der Waals surface area contributed by atoms with Gasteiger partial charge in [-0.2, -0.15) is 5.26 Å². The summed E-state index contributed by atoms with van der Waals surface area (Å²) in [7, 11) is 0. The minimum atomic E-state index is -0.728. The van der Waals surface area contributed by atoms with Crippen molar-refractivity contribution in [3.05, 3.63) is 5.70 Å². The standard InChI is InChI=1S/C24H33N3O4/c1-22(2,3)31-21(29)26-20(19(12-28)27-17(11-25)5-16-6-18(16)27)23-7-14-4-15(8-23)10-24(30,9-14)13-23/h14-18,20,30H,4-10,13H2,1-3H3,(H,26,29)/t14?,15?,16-,17+,18+,20-,23?,24?/m1/s1. The van der Waals surface area contributed by atoms with Crippen molar-refractivity contribution in [1.29, 1.82) is 5.26 Å². The van der Waals surface area contributed by atoms with Crippen molar-refractivity contribution in [2.45, 2.75) is 101 Å². The third kappa shape index (κ3) is 3.54. The average Bonchev–Trinajstić information content (AvgIpc) is 3.30. The van der Waals surface area contributed by atoms with Crippen LogP contribution >= 0.6 is 0 Å². The molecule has 31 heavy (non-hydrogen) atoms. The third-order valence-corrected chi connectivity index (χ3v) is 8.26. The van der Waals surface area contributed by atoms with E-state index in [9.17, 15) is 20.0 Å². The number of hydrogen-bond donors (Lipinski definition) is 2. The number of amides is 1. The molecule has 1 saturated heterocycles. The second-order valence-electron chi connectivity index (χ2n) is 12.0. The number of ether oxygens (including phenoxy) is 1. The van der Waals surface area contributed by atoms with Crippen LogP contribution in [0.3, 0.4) is 0 Å². The molecule has 0 aromatic heterocycles. The number of piperidine rings is 1. The van der Waals surface area contributed by atoms with E-state index in [1.807, 2.05) is 25.7 Å². The van der Waals surface area contributed by atoms with E-state index in [0.717, 1.165) is 44.9 Å². The molecule has 7 nitrogen and oxygen atoms in total. The van der Waals surface area contributed by atoms with E-state index >= 15 is 0 Å². The molecule has 1 amide bonds. The molecule has 6 aliphatic rings. The van der Waals surface area contributed by atoms with Gasteiger partial charge in [0.2, 0.25) is 0 Å². The first-order valence-electron chi connectivity index (χ1n) is 11.7. The van der Waals surface area contributed by atoms with Crippen molar-refractivity contribution in [3.63, 3.8) is 0 Å². The number of carbonyl (C=O) groups excluding carboxylic acids is 2. The molecule has 1 heterocycles. The first-order chi connectivity index (χ1) is 14.5. The summed E-state index contributed by atoms with van der Waals surface area (Å²) in [5, 5.41) is 24.1. The molecule has 7 heteroatoms. The Morgan fingerprint density at radius 3 is 2.42 bits per heavy atom. The number of fused-ring (bicyclic) bond motifs is 1. The molecule has 5 aliphatic carbocycles. The first kappa shape index (κ1) is 20.8. The van der Waals surface area contributed by atoms with Crippen molar-refractivity contribution in [3.8, 4) is 6.07 Å². The van der Waals surface area contributed by atoms with E-state index in [4.69, 9.17) is 4.74 Å². The molecule has 2 N–H and O–H groups in total. The summed E-state index contributed by atoms with van der Waals surface area (Å²) in [4.78, 5) is 27.3. The molecule has 4 bridgehead atoms. The van der Waals surface area contributed by atoms with Gasteiger partial charge in [-0.25, -0.2) is 9.59 Å². The fraction of sp³-hybridized carbons (Fsp3) is 0.833. The van der Waals surface area contributed by atoms with Crippen LogP contribution in [0.4, 0.5) is 4.79 Å². The van der Waals surface area contributed by atoms with E-state index in [1.54, 1.807) is 0 Å². The lowest BCUT2D eigenvalue weighted by Gasteiger charge is -2.62. The maximum absolute atomic E-state index is 12.9. The van der Waals surface area contributed by atoms with Crippen LogP contribution in [0.25, 0.3) is 0 Å². The molecule has 5 saturated carbocycles. The SMILES string of the molecule is CC(C)(C)OC(=O)N[C@H](C(=C=O)N1[C@H](C#N)C[C@@H]2C[C@@H]21)C12CC3CC(CC(O)(C3)C1)C2. The molecule has 6 atom stereocenters. The predicted molar refractivity (Wildman–Crippen MR) is 112 cm³/mol. The van der Waals surface area contributed by atoms with E-state index < -0.39 is 28.8 Å². The van der Waals surface area contributed by atoms with Gasteiger partial charge in [-0.3, -0.25) is 0 Å². The number of nitrogens with one attached hydrogen (secondary N) is 1. The number of hydrogen-bond acceptors (Lipinski definition) is 6. The zero-order valence-corrected chi connectivity index (χ0v) is 18.7. The summed E-state index contributed by atoms with van der Waals surface area (Å²) in [5.41, 5.74) is -1.42. The monoisotopic (exact) mass is 427 g/mol. The second-order valence-corrected chi connectivity index (χ2v) is 12.0. The van der Waals surface area contributed by atoms with Crippen LogP contribution in [0.2, 0.25) is 0 Å². The molecule has 6 fully saturated rings. The summed E-state index contributed by atoms with van der Waals surface area (Å²) in [6.45, 7) is 5.44. The lowest BCUT2D eigenvalue weighted by Crippen LogP contribution is -2.64. The highest BCUT2D eigenvalue weighted by atomic mass is 16.6. The van der Waals surface area contributed by atoms with Gasteiger partial charge in [-0.1, -0.05) is 0 Å². The number of likely N-dealkylation sites (tertiary alicyclic amines) is 1. The lowest BCUT2D eigenvalue weighted by molar-refractivity contribution is -0.171. The number of rotatable bonds is 4. The predicted octanol–water partition coefficient (Wildman–Crippen LogP) is 2.91. The quantitative estimate of drug-likeness (QED) is 0.669. The van der Waals surface area contributed by atoms with Crippen molar-refractivity contribution in [1.82, 2.24) is 10.2 Å².